The van der Waals surface area contributed by atoms with E-state index in [-0.39, 0.29) is 0 Å². The summed E-state index contributed by atoms with van der Waals surface area (Å²) in [7, 11) is -3.13. The SMILES string of the molecule is CC(C)N(C(C)C)[Si](C)(C)O[Si](C)(C)C. The van der Waals surface area contributed by atoms with Crippen molar-refractivity contribution in [2.24, 2.45) is 0 Å². The van der Waals surface area contributed by atoms with Gasteiger partial charge in [-0.05, 0) is 44.8 Å². The molecule has 0 unspecified atom stereocenters. The van der Waals surface area contributed by atoms with Crippen molar-refractivity contribution in [1.29, 1.82) is 0 Å². The van der Waals surface area contributed by atoms with Gasteiger partial charge in [0.2, 0.25) is 0 Å². The quantitative estimate of drug-likeness (QED) is 0.688. The van der Waals surface area contributed by atoms with E-state index in [4.69, 9.17) is 4.12 Å². The highest BCUT2D eigenvalue weighted by molar-refractivity contribution is 6.82. The zero-order valence-corrected chi connectivity index (χ0v) is 14.0. The van der Waals surface area contributed by atoms with E-state index in [1.165, 1.54) is 0 Å². The fourth-order valence-electron chi connectivity index (χ4n) is 2.64. The van der Waals surface area contributed by atoms with E-state index >= 15 is 0 Å². The second-order valence-electron chi connectivity index (χ2n) is 6.26. The zero-order valence-electron chi connectivity index (χ0n) is 12.0. The van der Waals surface area contributed by atoms with Crippen molar-refractivity contribution in [2.75, 3.05) is 0 Å². The highest BCUT2D eigenvalue weighted by atomic mass is 28.4. The number of rotatable bonds is 5. The maximum atomic E-state index is 6.41. The third kappa shape index (κ3) is 5.29. The molecule has 0 aromatic rings. The minimum absolute atomic E-state index is 0.572. The maximum Gasteiger partial charge on any atom is 0.255 e. The lowest BCUT2D eigenvalue weighted by Crippen LogP contribution is -2.60. The Balaban J connectivity index is 4.80. The van der Waals surface area contributed by atoms with Gasteiger partial charge in [-0.3, -0.25) is 4.57 Å². The average Bonchev–Trinajstić information content (AvgIpc) is 1.74. The molecule has 0 rings (SSSR count). The van der Waals surface area contributed by atoms with Gasteiger partial charge in [-0.2, -0.15) is 0 Å². The van der Waals surface area contributed by atoms with Gasteiger partial charge in [0.25, 0.3) is 8.48 Å². The number of hydrogen-bond donors (Lipinski definition) is 0. The monoisotopic (exact) mass is 247 g/mol. The van der Waals surface area contributed by atoms with Crippen LogP contribution in [0.25, 0.3) is 0 Å². The summed E-state index contributed by atoms with van der Waals surface area (Å²) in [5, 5.41) is 0. The summed E-state index contributed by atoms with van der Waals surface area (Å²) < 4.78 is 8.99. The van der Waals surface area contributed by atoms with Gasteiger partial charge in [-0.1, -0.05) is 27.7 Å². The van der Waals surface area contributed by atoms with Crippen molar-refractivity contribution in [1.82, 2.24) is 4.57 Å². The van der Waals surface area contributed by atoms with Crippen LogP contribution >= 0.6 is 0 Å². The van der Waals surface area contributed by atoms with Crippen LogP contribution in [0.15, 0.2) is 0 Å². The second-order valence-corrected chi connectivity index (χ2v) is 14.7. The van der Waals surface area contributed by atoms with Gasteiger partial charge in [0.15, 0.2) is 8.32 Å². The highest BCUT2D eigenvalue weighted by Gasteiger charge is 2.38. The molecule has 4 heteroatoms. The van der Waals surface area contributed by atoms with Crippen LogP contribution in [-0.4, -0.2) is 33.4 Å². The Morgan fingerprint density at radius 2 is 1.13 bits per heavy atom. The molecule has 0 aromatic carbocycles. The van der Waals surface area contributed by atoms with Crippen molar-refractivity contribution in [3.05, 3.63) is 0 Å². The van der Waals surface area contributed by atoms with Crippen LogP contribution in [0.1, 0.15) is 27.7 Å². The molecule has 0 saturated heterocycles. The molecule has 0 N–H and O–H groups in total. The van der Waals surface area contributed by atoms with Gasteiger partial charge in [0.05, 0.1) is 0 Å². The molecule has 2 nitrogen and oxygen atoms in total. The van der Waals surface area contributed by atoms with Gasteiger partial charge in [-0.15, -0.1) is 0 Å². The van der Waals surface area contributed by atoms with E-state index in [0.717, 1.165) is 0 Å². The first-order valence-corrected chi connectivity index (χ1v) is 12.2. The molecule has 0 atom stereocenters. The van der Waals surface area contributed by atoms with Gasteiger partial charge >= 0.3 is 0 Å². The predicted octanol–water partition coefficient (Wildman–Crippen LogP) is 3.66. The van der Waals surface area contributed by atoms with Crippen LogP contribution in [-0.2, 0) is 4.12 Å². The largest absolute Gasteiger partial charge is 0.445 e. The summed E-state index contributed by atoms with van der Waals surface area (Å²) in [5.41, 5.74) is 0. The third-order valence-corrected chi connectivity index (χ3v) is 9.01. The van der Waals surface area contributed by atoms with E-state index in [2.05, 4.69) is 65.0 Å². The lowest BCUT2D eigenvalue weighted by Gasteiger charge is -2.45. The van der Waals surface area contributed by atoms with Crippen LogP contribution in [0, 0.1) is 0 Å². The summed E-state index contributed by atoms with van der Waals surface area (Å²) in [4.78, 5) is 0. The summed E-state index contributed by atoms with van der Waals surface area (Å²) in [5.74, 6) is 0. The summed E-state index contributed by atoms with van der Waals surface area (Å²) in [6.45, 7) is 20.5. The van der Waals surface area contributed by atoms with Gasteiger partial charge < -0.3 is 4.12 Å². The molecule has 0 saturated carbocycles. The van der Waals surface area contributed by atoms with Crippen LogP contribution in [0.5, 0.6) is 0 Å². The van der Waals surface area contributed by atoms with Crippen molar-refractivity contribution < 1.29 is 4.12 Å². The number of nitrogens with zero attached hydrogens (tertiary/aromatic N) is 1. The van der Waals surface area contributed by atoms with E-state index in [0.29, 0.717) is 12.1 Å². The Morgan fingerprint density at radius 3 is 1.33 bits per heavy atom. The van der Waals surface area contributed by atoms with Crippen LogP contribution < -0.4 is 0 Å². The minimum Gasteiger partial charge on any atom is -0.445 e. The normalized spacial score (nSPS) is 14.4. The molecule has 0 aliphatic heterocycles. The fourth-order valence-corrected chi connectivity index (χ4v) is 11.5. The van der Waals surface area contributed by atoms with Crippen LogP contribution in [0.3, 0.4) is 0 Å². The summed E-state index contributed by atoms with van der Waals surface area (Å²) >= 11 is 0. The Kier molecular flexibility index (Phi) is 5.24. The first-order chi connectivity index (χ1) is 6.47. The van der Waals surface area contributed by atoms with Gasteiger partial charge in [0.1, 0.15) is 0 Å². The lowest BCUT2D eigenvalue weighted by atomic mass is 10.3. The average molecular weight is 248 g/mol. The lowest BCUT2D eigenvalue weighted by molar-refractivity contribution is 0.253. The first-order valence-electron chi connectivity index (χ1n) is 5.96. The van der Waals surface area contributed by atoms with E-state index < -0.39 is 16.8 Å². The topological polar surface area (TPSA) is 12.5 Å². The summed E-state index contributed by atoms with van der Waals surface area (Å²) in [6, 6.07) is 1.14. The molecule has 0 aromatic heterocycles. The van der Waals surface area contributed by atoms with Crippen LogP contribution in [0.4, 0.5) is 0 Å². The molecule has 0 radical (unpaired) electrons. The van der Waals surface area contributed by atoms with E-state index in [1.807, 2.05) is 0 Å². The smallest absolute Gasteiger partial charge is 0.255 e. The van der Waals surface area contributed by atoms with Crippen molar-refractivity contribution in [2.45, 2.75) is 72.5 Å². The molecular formula is C11H29NOSi2. The molecule has 92 valence electrons. The molecule has 0 fully saturated rings. The molecule has 0 heterocycles. The molecule has 0 aliphatic rings. The molecule has 0 spiro atoms. The molecular weight excluding hydrogens is 218 g/mol. The highest BCUT2D eigenvalue weighted by Crippen LogP contribution is 2.22. The zero-order chi connectivity index (χ0) is 12.4. The second kappa shape index (κ2) is 5.12. The Hall–Kier alpha value is 0.354. The number of hydrogen-bond acceptors (Lipinski definition) is 2. The Morgan fingerprint density at radius 1 is 0.800 bits per heavy atom. The molecule has 15 heavy (non-hydrogen) atoms. The Bertz CT molecular complexity index is 189. The van der Waals surface area contributed by atoms with E-state index in [1.54, 1.807) is 0 Å². The van der Waals surface area contributed by atoms with Crippen molar-refractivity contribution >= 4 is 16.8 Å². The first kappa shape index (κ1) is 15.4. The molecule has 0 aliphatic carbocycles. The van der Waals surface area contributed by atoms with E-state index in [9.17, 15) is 0 Å². The molecule has 0 bridgehead atoms. The maximum absolute atomic E-state index is 6.41. The van der Waals surface area contributed by atoms with Gasteiger partial charge in [0, 0.05) is 0 Å². The predicted molar refractivity (Wildman–Crippen MR) is 74.0 cm³/mol. The molecule has 0 amide bonds. The fraction of sp³-hybridized carbons (Fsp3) is 1.00. The standard InChI is InChI=1S/C11H29NOSi2/c1-10(2)12(11(3)4)15(8,9)13-14(5,6)7/h10-11H,1-9H3. The van der Waals surface area contributed by atoms with Crippen molar-refractivity contribution in [3.8, 4) is 0 Å². The van der Waals surface area contributed by atoms with Crippen LogP contribution in [0.2, 0.25) is 32.7 Å². The summed E-state index contributed by atoms with van der Waals surface area (Å²) in [6.07, 6.45) is 0. The third-order valence-electron chi connectivity index (χ3n) is 2.29. The van der Waals surface area contributed by atoms with Crippen molar-refractivity contribution in [3.63, 3.8) is 0 Å². The minimum atomic E-state index is -1.70. The Labute approximate surface area is 98.4 Å². The van der Waals surface area contributed by atoms with Gasteiger partial charge in [-0.25, -0.2) is 0 Å².